The molecule has 204 valence electrons. The molecule has 1 amide bonds. The van der Waals surface area contributed by atoms with Crippen molar-refractivity contribution in [2.75, 3.05) is 0 Å². The summed E-state index contributed by atoms with van der Waals surface area (Å²) < 4.78 is 5.20. The number of carboxylic acid groups (broad SMARTS) is 1. The number of aliphatic hydroxyl groups excluding tert-OH is 2. The van der Waals surface area contributed by atoms with E-state index in [0.29, 0.717) is 11.8 Å². The molecule has 11 atom stereocenters. The van der Waals surface area contributed by atoms with Crippen LogP contribution in [0, 0.1) is 34.5 Å². The maximum absolute atomic E-state index is 12.4. The summed E-state index contributed by atoms with van der Waals surface area (Å²) >= 11 is 0. The van der Waals surface area contributed by atoms with Gasteiger partial charge >= 0.3 is 11.7 Å². The molecule has 1 aromatic rings. The van der Waals surface area contributed by atoms with E-state index in [2.05, 4.69) is 13.8 Å². The Balaban J connectivity index is 1.24. The van der Waals surface area contributed by atoms with E-state index in [1.807, 2.05) is 6.07 Å². The molecule has 6 rings (SSSR count). The average Bonchev–Trinajstić information content (AvgIpc) is 3.31. The van der Waals surface area contributed by atoms with Gasteiger partial charge in [-0.15, -0.1) is 0 Å². The van der Waals surface area contributed by atoms with Crippen LogP contribution in [0.2, 0.25) is 0 Å². The normalized spacial score (nSPS) is 49.3. The number of rotatable bonds is 2. The predicted octanol–water partition coefficient (Wildman–Crippen LogP) is 3.93. The van der Waals surface area contributed by atoms with Crippen LogP contribution < -0.4 is 5.63 Å². The largest absolute Gasteiger partial charge is 0.465 e. The van der Waals surface area contributed by atoms with Crippen molar-refractivity contribution < 1.29 is 29.6 Å². The third kappa shape index (κ3) is 3.51. The minimum absolute atomic E-state index is 0.0402. The summed E-state index contributed by atoms with van der Waals surface area (Å²) in [5, 5.41) is 43.0. The highest BCUT2D eigenvalue weighted by Gasteiger charge is 2.67. The van der Waals surface area contributed by atoms with Gasteiger partial charge in [-0.2, -0.15) is 0 Å². The van der Waals surface area contributed by atoms with Crippen LogP contribution in [0.1, 0.15) is 89.5 Å². The molecular weight excluding hydrogens is 474 g/mol. The van der Waals surface area contributed by atoms with Gasteiger partial charge in [0.15, 0.2) is 0 Å². The zero-order valence-corrected chi connectivity index (χ0v) is 21.9. The highest BCUT2D eigenvalue weighted by atomic mass is 16.4. The molecule has 4 N–H and O–H groups in total. The van der Waals surface area contributed by atoms with Gasteiger partial charge in [0.05, 0.1) is 24.0 Å². The van der Waals surface area contributed by atoms with Crippen LogP contribution in [-0.2, 0) is 0 Å². The summed E-state index contributed by atoms with van der Waals surface area (Å²) in [6, 6.07) is 2.81. The molecule has 1 aromatic heterocycles. The van der Waals surface area contributed by atoms with Gasteiger partial charge in [0.25, 0.3) is 0 Å². The van der Waals surface area contributed by atoms with E-state index < -0.39 is 30.1 Å². The fourth-order valence-corrected chi connectivity index (χ4v) is 10.3. The minimum Gasteiger partial charge on any atom is -0.465 e. The highest BCUT2D eigenvalue weighted by molar-refractivity contribution is 5.66. The number of amides is 1. The Morgan fingerprint density at radius 3 is 2.49 bits per heavy atom. The summed E-state index contributed by atoms with van der Waals surface area (Å²) in [6.07, 6.45) is 6.78. The van der Waals surface area contributed by atoms with E-state index in [-0.39, 0.29) is 40.6 Å². The lowest BCUT2D eigenvalue weighted by molar-refractivity contribution is -0.204. The fraction of sp³-hybridized carbons (Fsp3) is 0.793. The van der Waals surface area contributed by atoms with E-state index in [4.69, 9.17) is 4.42 Å². The third-order valence-electron chi connectivity index (χ3n) is 12.2. The molecule has 2 heterocycles. The Bertz CT molecular complexity index is 1100. The molecule has 4 saturated carbocycles. The Kier molecular flexibility index (Phi) is 5.87. The number of aliphatic hydroxyl groups is 3. The van der Waals surface area contributed by atoms with Gasteiger partial charge in [-0.3, -0.25) is 4.90 Å². The van der Waals surface area contributed by atoms with Gasteiger partial charge in [0.1, 0.15) is 6.23 Å². The fourth-order valence-electron chi connectivity index (χ4n) is 10.3. The van der Waals surface area contributed by atoms with Gasteiger partial charge in [-0.05, 0) is 104 Å². The minimum atomic E-state index is -1.16. The second kappa shape index (κ2) is 8.55. The SMILES string of the molecule is C[C@@]12CCC(C3[C@@H](O)C[C@H](O)N3C(=O)O)CC1CC[C@@H]1[C@@H]2CC[C@]2(C)[C@@H](c3ccc(=O)oc3)CC[C@]12O. The second-order valence-corrected chi connectivity index (χ2v) is 13.4. The molecule has 3 unspecified atom stereocenters. The lowest BCUT2D eigenvalue weighted by Crippen LogP contribution is -2.62. The van der Waals surface area contributed by atoms with Crippen LogP contribution in [0.4, 0.5) is 4.79 Å². The van der Waals surface area contributed by atoms with Gasteiger partial charge in [-0.1, -0.05) is 13.8 Å². The van der Waals surface area contributed by atoms with Crippen molar-refractivity contribution in [2.24, 2.45) is 34.5 Å². The lowest BCUT2D eigenvalue weighted by atomic mass is 9.42. The average molecular weight is 516 g/mol. The van der Waals surface area contributed by atoms with Crippen molar-refractivity contribution in [3.05, 3.63) is 34.4 Å². The third-order valence-corrected chi connectivity index (χ3v) is 12.2. The molecule has 4 aliphatic carbocycles. The quantitative estimate of drug-likeness (QED) is 0.469. The zero-order valence-electron chi connectivity index (χ0n) is 21.9. The number of fused-ring (bicyclic) bond motifs is 5. The maximum atomic E-state index is 12.4. The van der Waals surface area contributed by atoms with E-state index in [0.717, 1.165) is 68.3 Å². The van der Waals surface area contributed by atoms with Crippen LogP contribution in [0.3, 0.4) is 0 Å². The van der Waals surface area contributed by atoms with Crippen molar-refractivity contribution >= 4 is 6.09 Å². The van der Waals surface area contributed by atoms with Crippen LogP contribution >= 0.6 is 0 Å². The Labute approximate surface area is 217 Å². The predicted molar refractivity (Wildman–Crippen MR) is 135 cm³/mol. The summed E-state index contributed by atoms with van der Waals surface area (Å²) in [7, 11) is 0. The first-order valence-electron chi connectivity index (χ1n) is 14.2. The molecule has 37 heavy (non-hydrogen) atoms. The Hall–Kier alpha value is -1.90. The van der Waals surface area contributed by atoms with E-state index in [9.17, 15) is 30.0 Å². The summed E-state index contributed by atoms with van der Waals surface area (Å²) in [6.45, 7) is 4.63. The maximum Gasteiger partial charge on any atom is 0.409 e. The summed E-state index contributed by atoms with van der Waals surface area (Å²) in [4.78, 5) is 24.5. The van der Waals surface area contributed by atoms with Gasteiger partial charge in [0.2, 0.25) is 0 Å². The number of nitrogens with zero attached hydrogens (tertiary/aromatic N) is 1. The smallest absolute Gasteiger partial charge is 0.409 e. The van der Waals surface area contributed by atoms with Gasteiger partial charge in [-0.25, -0.2) is 9.59 Å². The molecular formula is C29H41NO7. The monoisotopic (exact) mass is 515 g/mol. The molecule has 0 bridgehead atoms. The topological polar surface area (TPSA) is 131 Å². The van der Waals surface area contributed by atoms with Crippen molar-refractivity contribution in [3.63, 3.8) is 0 Å². The van der Waals surface area contributed by atoms with Crippen LogP contribution in [-0.4, -0.2) is 55.4 Å². The molecule has 8 nitrogen and oxygen atoms in total. The molecule has 1 aliphatic heterocycles. The standard InChI is InChI=1S/C29H41NO7/c1-27-10-7-16(25-22(31)14-23(32)30(25)26(34)35)13-18(27)4-5-21-20(27)8-11-28(2)19(9-12-29(21,28)36)17-3-6-24(33)37-15-17/h3,6,15-16,18-23,25,31-32,36H,4-5,7-14H2,1-2H3,(H,34,35)/t16?,18?,19-,20+,21-,22+,23+,25?,27-,28-,29+/m1/s1. The van der Waals surface area contributed by atoms with Crippen molar-refractivity contribution in [2.45, 2.75) is 108 Å². The number of carbonyl (C=O) groups is 1. The van der Waals surface area contributed by atoms with Crippen LogP contribution in [0.5, 0.6) is 0 Å². The molecule has 8 heteroatoms. The molecule has 5 fully saturated rings. The first kappa shape index (κ1) is 25.4. The van der Waals surface area contributed by atoms with Gasteiger partial charge < -0.3 is 24.8 Å². The van der Waals surface area contributed by atoms with Crippen LogP contribution in [0.25, 0.3) is 0 Å². The van der Waals surface area contributed by atoms with Gasteiger partial charge in [0, 0.05) is 17.9 Å². The summed E-state index contributed by atoms with van der Waals surface area (Å²) in [5.74, 6) is 1.26. The number of likely N-dealkylation sites (tertiary alicyclic amines) is 1. The van der Waals surface area contributed by atoms with Crippen LogP contribution in [0.15, 0.2) is 27.6 Å². The van der Waals surface area contributed by atoms with Crippen molar-refractivity contribution in [1.29, 1.82) is 0 Å². The molecule has 1 saturated heterocycles. The number of hydrogen-bond donors (Lipinski definition) is 4. The highest BCUT2D eigenvalue weighted by Crippen LogP contribution is 2.71. The van der Waals surface area contributed by atoms with Crippen molar-refractivity contribution in [3.8, 4) is 0 Å². The number of hydrogen-bond acceptors (Lipinski definition) is 6. The first-order valence-corrected chi connectivity index (χ1v) is 14.2. The Morgan fingerprint density at radius 2 is 1.78 bits per heavy atom. The zero-order chi connectivity index (χ0) is 26.3. The molecule has 0 aromatic carbocycles. The first-order chi connectivity index (χ1) is 17.5. The van der Waals surface area contributed by atoms with E-state index in [1.54, 1.807) is 6.26 Å². The summed E-state index contributed by atoms with van der Waals surface area (Å²) in [5.41, 5.74) is -0.283. The van der Waals surface area contributed by atoms with E-state index >= 15 is 0 Å². The lowest BCUT2D eigenvalue weighted by Gasteiger charge is -2.64. The molecule has 0 spiro atoms. The molecule has 5 aliphatic rings. The molecule has 0 radical (unpaired) electrons. The second-order valence-electron chi connectivity index (χ2n) is 13.4. The van der Waals surface area contributed by atoms with Crippen molar-refractivity contribution in [1.82, 2.24) is 4.90 Å². The van der Waals surface area contributed by atoms with E-state index in [1.165, 1.54) is 6.07 Å². The Morgan fingerprint density at radius 1 is 1.00 bits per heavy atom.